The number of hydrogen-bond acceptors (Lipinski definition) is 1. The van der Waals surface area contributed by atoms with Gasteiger partial charge in [-0.1, -0.05) is 12.2 Å². The van der Waals surface area contributed by atoms with Crippen molar-refractivity contribution in [3.63, 3.8) is 0 Å². The number of rotatable bonds is 3. The lowest BCUT2D eigenvalue weighted by atomic mass is 9.91. The molecule has 0 aromatic heterocycles. The molecule has 0 bridgehead atoms. The molecule has 0 spiro atoms. The predicted octanol–water partition coefficient (Wildman–Crippen LogP) is 2.32. The van der Waals surface area contributed by atoms with Crippen molar-refractivity contribution < 1.29 is 4.79 Å². The van der Waals surface area contributed by atoms with Crippen LogP contribution in [0, 0.1) is 11.3 Å². The first kappa shape index (κ1) is 7.08. The van der Waals surface area contributed by atoms with Crippen molar-refractivity contribution in [3.8, 4) is 0 Å². The highest BCUT2D eigenvalue weighted by Crippen LogP contribution is 2.50. The Kier molecular flexibility index (Phi) is 1.59. The summed E-state index contributed by atoms with van der Waals surface area (Å²) >= 11 is 0. The standard InChI is InChI=1S/C10H14O/c11-8-10(5-6-10)7-9-3-1-2-4-9/h1-2,8-9H,3-7H2. The molecule has 1 heteroatoms. The summed E-state index contributed by atoms with van der Waals surface area (Å²) in [5, 5.41) is 0. The maximum Gasteiger partial charge on any atom is 0.126 e. The van der Waals surface area contributed by atoms with Crippen LogP contribution >= 0.6 is 0 Å². The number of carbonyl (C=O) groups excluding carboxylic acids is 1. The van der Waals surface area contributed by atoms with E-state index in [9.17, 15) is 4.79 Å². The highest BCUT2D eigenvalue weighted by Gasteiger charge is 2.43. The summed E-state index contributed by atoms with van der Waals surface area (Å²) in [6, 6.07) is 0. The van der Waals surface area contributed by atoms with E-state index in [0.29, 0.717) is 0 Å². The molecule has 2 aliphatic carbocycles. The summed E-state index contributed by atoms with van der Waals surface area (Å²) in [5.74, 6) is 0.780. The van der Waals surface area contributed by atoms with Crippen LogP contribution in [0.4, 0.5) is 0 Å². The molecule has 11 heavy (non-hydrogen) atoms. The maximum atomic E-state index is 10.7. The smallest absolute Gasteiger partial charge is 0.126 e. The van der Waals surface area contributed by atoms with Crippen LogP contribution in [0.2, 0.25) is 0 Å². The summed E-state index contributed by atoms with van der Waals surface area (Å²) in [6.45, 7) is 0. The minimum absolute atomic E-state index is 0.136. The van der Waals surface area contributed by atoms with Crippen molar-refractivity contribution >= 4 is 6.29 Å². The van der Waals surface area contributed by atoms with E-state index in [-0.39, 0.29) is 5.41 Å². The summed E-state index contributed by atoms with van der Waals surface area (Å²) in [5.41, 5.74) is 0.136. The molecule has 0 aromatic rings. The quantitative estimate of drug-likeness (QED) is 0.445. The van der Waals surface area contributed by atoms with Crippen LogP contribution < -0.4 is 0 Å². The largest absolute Gasteiger partial charge is 0.303 e. The van der Waals surface area contributed by atoms with Gasteiger partial charge in [-0.2, -0.15) is 0 Å². The fourth-order valence-corrected chi connectivity index (χ4v) is 1.95. The number of carbonyl (C=O) groups is 1. The average molecular weight is 150 g/mol. The molecule has 0 atom stereocenters. The second-order valence-corrected chi connectivity index (χ2v) is 3.99. The monoisotopic (exact) mass is 150 g/mol. The van der Waals surface area contributed by atoms with Gasteiger partial charge >= 0.3 is 0 Å². The van der Waals surface area contributed by atoms with E-state index in [4.69, 9.17) is 0 Å². The highest BCUT2D eigenvalue weighted by atomic mass is 16.1. The second-order valence-electron chi connectivity index (χ2n) is 3.99. The lowest BCUT2D eigenvalue weighted by Crippen LogP contribution is -2.08. The highest BCUT2D eigenvalue weighted by molar-refractivity contribution is 5.63. The summed E-state index contributed by atoms with van der Waals surface area (Å²) in [7, 11) is 0. The van der Waals surface area contributed by atoms with Gasteiger partial charge in [0, 0.05) is 5.41 Å². The molecule has 2 aliphatic rings. The molecule has 0 aromatic carbocycles. The zero-order valence-electron chi connectivity index (χ0n) is 6.75. The van der Waals surface area contributed by atoms with Gasteiger partial charge in [0.05, 0.1) is 0 Å². The molecular formula is C10H14O. The summed E-state index contributed by atoms with van der Waals surface area (Å²) in [6.07, 6.45) is 11.5. The van der Waals surface area contributed by atoms with Crippen LogP contribution in [0.3, 0.4) is 0 Å². The van der Waals surface area contributed by atoms with Crippen LogP contribution in [0.5, 0.6) is 0 Å². The van der Waals surface area contributed by atoms with Gasteiger partial charge in [0.1, 0.15) is 6.29 Å². The number of allylic oxidation sites excluding steroid dienone is 2. The van der Waals surface area contributed by atoms with Crippen LogP contribution in [0.25, 0.3) is 0 Å². The van der Waals surface area contributed by atoms with Crippen molar-refractivity contribution in [2.24, 2.45) is 11.3 Å². The number of aldehydes is 1. The zero-order valence-corrected chi connectivity index (χ0v) is 6.75. The van der Waals surface area contributed by atoms with Gasteiger partial charge in [0.25, 0.3) is 0 Å². The Morgan fingerprint density at radius 1 is 1.36 bits per heavy atom. The van der Waals surface area contributed by atoms with E-state index < -0.39 is 0 Å². The molecule has 0 amide bonds. The van der Waals surface area contributed by atoms with Gasteiger partial charge in [-0.3, -0.25) is 0 Å². The third kappa shape index (κ3) is 1.37. The van der Waals surface area contributed by atoms with E-state index >= 15 is 0 Å². The normalized spacial score (nSPS) is 27.3. The fraction of sp³-hybridized carbons (Fsp3) is 0.700. The van der Waals surface area contributed by atoms with Crippen molar-refractivity contribution in [2.45, 2.75) is 32.1 Å². The Balaban J connectivity index is 1.85. The molecule has 0 N–H and O–H groups in total. The van der Waals surface area contributed by atoms with E-state index in [1.807, 2.05) is 0 Å². The first-order chi connectivity index (χ1) is 5.35. The Bertz CT molecular complexity index is 181. The fourth-order valence-electron chi connectivity index (χ4n) is 1.95. The van der Waals surface area contributed by atoms with Gasteiger partial charge in [-0.15, -0.1) is 0 Å². The van der Waals surface area contributed by atoms with E-state index in [2.05, 4.69) is 12.2 Å². The Morgan fingerprint density at radius 3 is 2.45 bits per heavy atom. The maximum absolute atomic E-state index is 10.7. The van der Waals surface area contributed by atoms with Crippen molar-refractivity contribution in [1.82, 2.24) is 0 Å². The third-order valence-electron chi connectivity index (χ3n) is 2.94. The van der Waals surface area contributed by atoms with Crippen LogP contribution in [0.15, 0.2) is 12.2 Å². The molecule has 1 nitrogen and oxygen atoms in total. The molecule has 0 aliphatic heterocycles. The molecule has 1 fully saturated rings. The van der Waals surface area contributed by atoms with Crippen LogP contribution in [-0.2, 0) is 4.79 Å². The molecule has 2 rings (SSSR count). The van der Waals surface area contributed by atoms with Crippen LogP contribution in [-0.4, -0.2) is 6.29 Å². The Morgan fingerprint density at radius 2 is 2.00 bits per heavy atom. The van der Waals surface area contributed by atoms with Crippen molar-refractivity contribution in [1.29, 1.82) is 0 Å². The third-order valence-corrected chi connectivity index (χ3v) is 2.94. The van der Waals surface area contributed by atoms with E-state index in [0.717, 1.165) is 25.2 Å². The van der Waals surface area contributed by atoms with E-state index in [1.54, 1.807) is 0 Å². The minimum Gasteiger partial charge on any atom is -0.303 e. The van der Waals surface area contributed by atoms with Gasteiger partial charge in [-0.05, 0) is 38.0 Å². The Hall–Kier alpha value is -0.590. The summed E-state index contributed by atoms with van der Waals surface area (Å²) < 4.78 is 0. The van der Waals surface area contributed by atoms with Gasteiger partial charge < -0.3 is 4.79 Å². The molecule has 0 heterocycles. The molecule has 0 radical (unpaired) electrons. The SMILES string of the molecule is O=CC1(CC2CC=CC2)CC1. The van der Waals surface area contributed by atoms with Gasteiger partial charge in [-0.25, -0.2) is 0 Å². The predicted molar refractivity (Wildman–Crippen MR) is 44.2 cm³/mol. The lowest BCUT2D eigenvalue weighted by Gasteiger charge is -2.12. The molecular weight excluding hydrogens is 136 g/mol. The zero-order chi connectivity index (χ0) is 7.73. The molecule has 0 saturated heterocycles. The molecule has 1 saturated carbocycles. The Labute approximate surface area is 67.5 Å². The van der Waals surface area contributed by atoms with Crippen molar-refractivity contribution in [3.05, 3.63) is 12.2 Å². The van der Waals surface area contributed by atoms with Crippen molar-refractivity contribution in [2.75, 3.05) is 0 Å². The lowest BCUT2D eigenvalue weighted by molar-refractivity contribution is -0.112. The minimum atomic E-state index is 0.136. The molecule has 0 unspecified atom stereocenters. The summed E-state index contributed by atoms with van der Waals surface area (Å²) in [4.78, 5) is 10.7. The first-order valence-corrected chi connectivity index (χ1v) is 4.46. The van der Waals surface area contributed by atoms with Gasteiger partial charge in [0.2, 0.25) is 0 Å². The number of hydrogen-bond donors (Lipinski definition) is 0. The average Bonchev–Trinajstić information content (AvgIpc) is 2.59. The first-order valence-electron chi connectivity index (χ1n) is 4.46. The van der Waals surface area contributed by atoms with Crippen LogP contribution in [0.1, 0.15) is 32.1 Å². The van der Waals surface area contributed by atoms with E-state index in [1.165, 1.54) is 19.1 Å². The topological polar surface area (TPSA) is 17.1 Å². The van der Waals surface area contributed by atoms with Gasteiger partial charge in [0.15, 0.2) is 0 Å². The molecule has 60 valence electrons. The second kappa shape index (κ2) is 2.47.